The van der Waals surface area contributed by atoms with Crippen LogP contribution in [-0.2, 0) is 26.0 Å². The van der Waals surface area contributed by atoms with E-state index in [1.165, 1.54) is 17.1 Å². The minimum absolute atomic E-state index is 0.0704. The molecule has 4 rings (SSSR count). The number of rotatable bonds is 4. The van der Waals surface area contributed by atoms with E-state index in [2.05, 4.69) is 10.6 Å². The molecule has 0 unspecified atom stereocenters. The predicted octanol–water partition coefficient (Wildman–Crippen LogP) is 1.64. The molecule has 7 nitrogen and oxygen atoms in total. The highest BCUT2D eigenvalue weighted by Crippen LogP contribution is 2.29. The molecule has 0 radical (unpaired) electrons. The molecule has 1 aliphatic carbocycles. The third-order valence-corrected chi connectivity index (χ3v) is 7.76. The van der Waals surface area contributed by atoms with E-state index < -0.39 is 10.0 Å². The maximum Gasteiger partial charge on any atom is 0.243 e. The van der Waals surface area contributed by atoms with Gasteiger partial charge in [0.2, 0.25) is 21.8 Å². The Bertz CT molecular complexity index is 854. The Morgan fingerprint density at radius 3 is 2.52 bits per heavy atom. The molecule has 1 saturated carbocycles. The van der Waals surface area contributed by atoms with E-state index in [4.69, 9.17) is 0 Å². The highest BCUT2D eigenvalue weighted by molar-refractivity contribution is 7.89. The SMILES string of the molecule is O=C1Cc2cc(S(=O)(=O)N3CCC(C(=O)NC4CCCC4)CC3)ccc2N1. The summed E-state index contributed by atoms with van der Waals surface area (Å²) in [4.78, 5) is 24.1. The molecule has 0 bridgehead atoms. The highest BCUT2D eigenvalue weighted by atomic mass is 32.2. The summed E-state index contributed by atoms with van der Waals surface area (Å²) in [5, 5.41) is 5.83. The van der Waals surface area contributed by atoms with Gasteiger partial charge in [-0.3, -0.25) is 9.59 Å². The molecule has 2 amide bonds. The number of amides is 2. The van der Waals surface area contributed by atoms with Crippen LogP contribution in [0.15, 0.2) is 23.1 Å². The van der Waals surface area contributed by atoms with Crippen molar-refractivity contribution in [1.29, 1.82) is 0 Å². The smallest absolute Gasteiger partial charge is 0.243 e. The minimum atomic E-state index is -3.61. The van der Waals surface area contributed by atoms with Gasteiger partial charge in [-0.05, 0) is 49.4 Å². The van der Waals surface area contributed by atoms with Crippen molar-refractivity contribution in [3.8, 4) is 0 Å². The molecule has 2 heterocycles. The number of anilines is 1. The molecule has 0 atom stereocenters. The van der Waals surface area contributed by atoms with Crippen LogP contribution < -0.4 is 10.6 Å². The Kier molecular flexibility index (Phi) is 4.94. The number of hydrogen-bond acceptors (Lipinski definition) is 4. The molecular weight excluding hydrogens is 366 g/mol. The van der Waals surface area contributed by atoms with Gasteiger partial charge in [0.15, 0.2) is 0 Å². The van der Waals surface area contributed by atoms with Crippen molar-refractivity contribution in [1.82, 2.24) is 9.62 Å². The molecule has 0 spiro atoms. The van der Waals surface area contributed by atoms with Crippen molar-refractivity contribution in [2.24, 2.45) is 5.92 Å². The standard InChI is InChI=1S/C19H25N3O4S/c23-18-12-14-11-16(5-6-17(14)21-18)27(25,26)22-9-7-13(8-10-22)19(24)20-15-3-1-2-4-15/h5-6,11,13,15H,1-4,7-10,12H2,(H,20,24)(H,21,23). The molecule has 2 fully saturated rings. The lowest BCUT2D eigenvalue weighted by Crippen LogP contribution is -2.44. The van der Waals surface area contributed by atoms with E-state index in [0.717, 1.165) is 12.8 Å². The largest absolute Gasteiger partial charge is 0.353 e. The first kappa shape index (κ1) is 18.4. The second kappa shape index (κ2) is 7.24. The van der Waals surface area contributed by atoms with Crippen molar-refractivity contribution in [2.75, 3.05) is 18.4 Å². The molecule has 2 aliphatic heterocycles. The van der Waals surface area contributed by atoms with E-state index in [1.807, 2.05) is 0 Å². The van der Waals surface area contributed by atoms with Crippen LogP contribution >= 0.6 is 0 Å². The van der Waals surface area contributed by atoms with Crippen molar-refractivity contribution in [2.45, 2.75) is 55.9 Å². The predicted molar refractivity (Wildman–Crippen MR) is 101 cm³/mol. The maximum absolute atomic E-state index is 12.9. The Balaban J connectivity index is 1.39. The van der Waals surface area contributed by atoms with Gasteiger partial charge in [-0.1, -0.05) is 12.8 Å². The average Bonchev–Trinajstić information content (AvgIpc) is 3.29. The van der Waals surface area contributed by atoms with E-state index >= 15 is 0 Å². The number of benzene rings is 1. The first-order valence-corrected chi connectivity index (χ1v) is 11.1. The normalized spacial score (nSPS) is 21.9. The number of carbonyl (C=O) groups excluding carboxylic acids is 2. The molecule has 1 aromatic carbocycles. The summed E-state index contributed by atoms with van der Waals surface area (Å²) in [6, 6.07) is 5.07. The third kappa shape index (κ3) is 3.73. The first-order chi connectivity index (χ1) is 12.9. The van der Waals surface area contributed by atoms with Gasteiger partial charge in [-0.2, -0.15) is 4.31 Å². The second-order valence-electron chi connectivity index (χ2n) is 7.71. The summed E-state index contributed by atoms with van der Waals surface area (Å²) >= 11 is 0. The van der Waals surface area contributed by atoms with Gasteiger partial charge in [0.1, 0.15) is 0 Å². The number of nitrogens with one attached hydrogen (secondary N) is 2. The second-order valence-corrected chi connectivity index (χ2v) is 9.65. The van der Waals surface area contributed by atoms with E-state index in [1.54, 1.807) is 18.2 Å². The summed E-state index contributed by atoms with van der Waals surface area (Å²) in [6.07, 6.45) is 5.74. The van der Waals surface area contributed by atoms with Gasteiger partial charge in [-0.25, -0.2) is 8.42 Å². The molecule has 27 heavy (non-hydrogen) atoms. The average molecular weight is 391 g/mol. The van der Waals surface area contributed by atoms with Crippen LogP contribution in [0.3, 0.4) is 0 Å². The summed E-state index contributed by atoms with van der Waals surface area (Å²) in [5.41, 5.74) is 1.40. The molecule has 3 aliphatic rings. The van der Waals surface area contributed by atoms with Crippen LogP contribution in [0.1, 0.15) is 44.1 Å². The van der Waals surface area contributed by atoms with Crippen molar-refractivity contribution >= 4 is 27.5 Å². The molecule has 1 aromatic rings. The number of fused-ring (bicyclic) bond motifs is 1. The van der Waals surface area contributed by atoms with E-state index in [0.29, 0.717) is 43.2 Å². The van der Waals surface area contributed by atoms with E-state index in [9.17, 15) is 18.0 Å². The number of piperidine rings is 1. The van der Waals surface area contributed by atoms with Gasteiger partial charge >= 0.3 is 0 Å². The summed E-state index contributed by atoms with van der Waals surface area (Å²) in [5.74, 6) is -0.159. The van der Waals surface area contributed by atoms with Crippen LogP contribution in [-0.4, -0.2) is 43.7 Å². The minimum Gasteiger partial charge on any atom is -0.353 e. The zero-order chi connectivity index (χ0) is 19.0. The zero-order valence-electron chi connectivity index (χ0n) is 15.2. The van der Waals surface area contributed by atoms with Gasteiger partial charge in [0, 0.05) is 30.7 Å². The van der Waals surface area contributed by atoms with Gasteiger partial charge in [0.25, 0.3) is 0 Å². The van der Waals surface area contributed by atoms with Gasteiger partial charge in [0.05, 0.1) is 11.3 Å². The Labute approximate surface area is 159 Å². The fourth-order valence-corrected chi connectivity index (χ4v) is 5.78. The molecule has 2 N–H and O–H groups in total. The monoisotopic (exact) mass is 391 g/mol. The van der Waals surface area contributed by atoms with Crippen molar-refractivity contribution < 1.29 is 18.0 Å². The third-order valence-electron chi connectivity index (χ3n) is 5.87. The molecule has 8 heteroatoms. The highest BCUT2D eigenvalue weighted by Gasteiger charge is 2.33. The first-order valence-electron chi connectivity index (χ1n) is 9.67. The fraction of sp³-hybridized carbons (Fsp3) is 0.579. The van der Waals surface area contributed by atoms with Gasteiger partial charge in [-0.15, -0.1) is 0 Å². The number of carbonyl (C=O) groups is 2. The lowest BCUT2D eigenvalue weighted by atomic mass is 9.97. The molecule has 1 saturated heterocycles. The van der Waals surface area contributed by atoms with E-state index in [-0.39, 0.29) is 29.0 Å². The summed E-state index contributed by atoms with van der Waals surface area (Å²) < 4.78 is 27.3. The van der Waals surface area contributed by atoms with Crippen LogP contribution in [0.2, 0.25) is 0 Å². The maximum atomic E-state index is 12.9. The Morgan fingerprint density at radius 2 is 1.81 bits per heavy atom. The summed E-state index contributed by atoms with van der Waals surface area (Å²) in [6.45, 7) is 0.693. The van der Waals surface area contributed by atoms with Crippen molar-refractivity contribution in [3.63, 3.8) is 0 Å². The number of nitrogens with zero attached hydrogens (tertiary/aromatic N) is 1. The van der Waals surface area contributed by atoms with Crippen molar-refractivity contribution in [3.05, 3.63) is 23.8 Å². The van der Waals surface area contributed by atoms with Crippen LogP contribution in [0.25, 0.3) is 0 Å². The molecule has 146 valence electrons. The fourth-order valence-electron chi connectivity index (χ4n) is 4.26. The Hall–Kier alpha value is -1.93. The quantitative estimate of drug-likeness (QED) is 0.816. The van der Waals surface area contributed by atoms with Crippen LogP contribution in [0.5, 0.6) is 0 Å². The van der Waals surface area contributed by atoms with Crippen LogP contribution in [0, 0.1) is 5.92 Å². The summed E-state index contributed by atoms with van der Waals surface area (Å²) in [7, 11) is -3.61. The lowest BCUT2D eigenvalue weighted by molar-refractivity contribution is -0.126. The van der Waals surface area contributed by atoms with Gasteiger partial charge < -0.3 is 10.6 Å². The number of hydrogen-bond donors (Lipinski definition) is 2. The topological polar surface area (TPSA) is 95.6 Å². The zero-order valence-corrected chi connectivity index (χ0v) is 16.1. The number of sulfonamides is 1. The lowest BCUT2D eigenvalue weighted by Gasteiger charge is -2.31. The molecular formula is C19H25N3O4S. The molecule has 0 aromatic heterocycles. The van der Waals surface area contributed by atoms with Crippen LogP contribution in [0.4, 0.5) is 5.69 Å². The Morgan fingerprint density at radius 1 is 1.11 bits per heavy atom.